The number of aromatic hydroxyl groups is 1. The van der Waals surface area contributed by atoms with Gasteiger partial charge in [-0.15, -0.1) is 0 Å². The molecule has 0 spiro atoms. The first-order valence-corrected chi connectivity index (χ1v) is 14.6. The molecule has 1 fully saturated rings. The lowest BCUT2D eigenvalue weighted by atomic mass is 10.1. The van der Waals surface area contributed by atoms with Crippen molar-refractivity contribution in [2.45, 2.75) is 24.8 Å². The van der Waals surface area contributed by atoms with Crippen LogP contribution in [0.3, 0.4) is 0 Å². The van der Waals surface area contributed by atoms with Crippen LogP contribution in [0.4, 0.5) is 14.6 Å². The molecule has 4 heterocycles. The van der Waals surface area contributed by atoms with Crippen LogP contribution in [0.2, 0.25) is 0 Å². The van der Waals surface area contributed by atoms with E-state index in [1.54, 1.807) is 16.7 Å². The summed E-state index contributed by atoms with van der Waals surface area (Å²) >= 11 is 0. The van der Waals surface area contributed by atoms with Gasteiger partial charge in [-0.1, -0.05) is 12.6 Å². The zero-order chi connectivity index (χ0) is 31.2. The molecule has 1 atom stereocenters. The van der Waals surface area contributed by atoms with E-state index in [0.29, 0.717) is 0 Å². The third-order valence-electron chi connectivity index (χ3n) is 7.27. The number of piperazine rings is 1. The van der Waals surface area contributed by atoms with Gasteiger partial charge in [0, 0.05) is 31.9 Å². The van der Waals surface area contributed by atoms with Crippen molar-refractivity contribution < 1.29 is 27.1 Å². The number of carbonyl (C=O) groups excluding carboxylic acids is 1. The summed E-state index contributed by atoms with van der Waals surface area (Å²) in [6.45, 7) is 7.50. The van der Waals surface area contributed by atoms with Gasteiger partial charge in [0.2, 0.25) is 15.9 Å². The summed E-state index contributed by atoms with van der Waals surface area (Å²) in [6, 6.07) is 5.21. The Morgan fingerprint density at radius 3 is 2.58 bits per heavy atom. The third-order valence-corrected chi connectivity index (χ3v) is 8.71. The van der Waals surface area contributed by atoms with Crippen molar-refractivity contribution in [3.63, 3.8) is 0 Å². The summed E-state index contributed by atoms with van der Waals surface area (Å²) < 4.78 is 59.8. The molecule has 4 aromatic rings. The molecule has 12 nitrogen and oxygen atoms in total. The molecule has 1 aliphatic heterocycles. The number of phenolic OH excluding ortho intramolecular Hbond substituents is 1. The average Bonchev–Trinajstić information content (AvgIpc) is 2.97. The Bertz CT molecular complexity index is 1950. The Morgan fingerprint density at radius 2 is 1.93 bits per heavy atom. The van der Waals surface area contributed by atoms with Gasteiger partial charge in [0.1, 0.15) is 28.0 Å². The minimum Gasteiger partial charge on any atom is -0.507 e. The number of amides is 1. The molecule has 2 N–H and O–H groups in total. The number of anilines is 1. The molecule has 0 unspecified atom stereocenters. The molecule has 15 heteroatoms. The van der Waals surface area contributed by atoms with E-state index < -0.39 is 44.4 Å². The number of nitrogens with one attached hydrogen (secondary N) is 1. The highest BCUT2D eigenvalue weighted by molar-refractivity contribution is 7.89. The predicted molar refractivity (Wildman–Crippen MR) is 155 cm³/mol. The average molecular weight is 612 g/mol. The number of halogens is 2. The Hall–Kier alpha value is -4.76. The largest absolute Gasteiger partial charge is 0.507 e. The van der Waals surface area contributed by atoms with Gasteiger partial charge in [0.25, 0.3) is 0 Å². The molecule has 0 bridgehead atoms. The fourth-order valence-electron chi connectivity index (χ4n) is 5.18. The van der Waals surface area contributed by atoms with E-state index in [2.05, 4.69) is 26.3 Å². The summed E-state index contributed by atoms with van der Waals surface area (Å²) in [5, 5.41) is 10.4. The summed E-state index contributed by atoms with van der Waals surface area (Å²) in [5.74, 6) is -2.83. The molecule has 224 valence electrons. The first-order chi connectivity index (χ1) is 20.4. The van der Waals surface area contributed by atoms with Crippen molar-refractivity contribution in [2.24, 2.45) is 0 Å². The van der Waals surface area contributed by atoms with Crippen molar-refractivity contribution in [1.29, 1.82) is 0 Å². The smallest absolute Gasteiger partial charge is 0.355 e. The van der Waals surface area contributed by atoms with Gasteiger partial charge >= 0.3 is 5.69 Å². The monoisotopic (exact) mass is 611 g/mol. The molecule has 3 aromatic heterocycles. The highest BCUT2D eigenvalue weighted by Crippen LogP contribution is 2.36. The maximum atomic E-state index is 15.8. The van der Waals surface area contributed by atoms with Crippen LogP contribution in [-0.4, -0.2) is 76.6 Å². The van der Waals surface area contributed by atoms with Crippen molar-refractivity contribution >= 4 is 32.8 Å². The molecular weight excluding hydrogens is 584 g/mol. The van der Waals surface area contributed by atoms with E-state index in [-0.39, 0.29) is 64.7 Å². The van der Waals surface area contributed by atoms with Crippen LogP contribution in [0.5, 0.6) is 5.75 Å². The molecule has 1 aromatic carbocycles. The van der Waals surface area contributed by atoms with Gasteiger partial charge in [-0.2, -0.15) is 4.98 Å². The highest BCUT2D eigenvalue weighted by atomic mass is 32.2. The topological polar surface area (TPSA) is 151 Å². The predicted octanol–water partition coefficient (Wildman–Crippen LogP) is 2.27. The van der Waals surface area contributed by atoms with Crippen LogP contribution in [0.1, 0.15) is 12.6 Å². The summed E-state index contributed by atoms with van der Waals surface area (Å²) in [4.78, 5) is 41.8. The van der Waals surface area contributed by atoms with Gasteiger partial charge in [0.15, 0.2) is 11.5 Å². The number of carbonyl (C=O) groups is 1. The number of rotatable bonds is 6. The fourth-order valence-corrected chi connectivity index (χ4v) is 6.14. The molecule has 43 heavy (non-hydrogen) atoms. The molecule has 1 amide bonds. The fraction of sp³-hybridized carbons (Fsp3) is 0.250. The zero-order valence-electron chi connectivity index (χ0n) is 23.4. The van der Waals surface area contributed by atoms with Crippen molar-refractivity contribution in [3.8, 4) is 22.7 Å². The van der Waals surface area contributed by atoms with E-state index in [1.165, 1.54) is 38.4 Å². The van der Waals surface area contributed by atoms with Crippen LogP contribution in [-0.2, 0) is 14.8 Å². The van der Waals surface area contributed by atoms with Crippen molar-refractivity contribution in [3.05, 3.63) is 77.0 Å². The number of benzene rings is 1. The second-order valence-corrected chi connectivity index (χ2v) is 11.7. The van der Waals surface area contributed by atoms with Gasteiger partial charge in [0.05, 0.1) is 22.3 Å². The standard InChI is InChI=1S/C28H27F2N7O5S/c1-5-22(39)35-11-12-36(15(2)14-35)26-17-13-19(30)24(23-18(29)7-6-8-20(23)38)33-27(17)37(28(40)34-26)25-16(3)32-10-9-21(25)43(41,42)31-4/h5-10,13,15,31,38H,1,11-12,14H2,2-4H3/t15-/m0/s1. The molecule has 0 saturated carbocycles. The lowest BCUT2D eigenvalue weighted by Gasteiger charge is -2.40. The number of nitrogens with zero attached hydrogens (tertiary/aromatic N) is 6. The number of hydrogen-bond acceptors (Lipinski definition) is 9. The van der Waals surface area contributed by atoms with Gasteiger partial charge in [-0.25, -0.2) is 36.3 Å². The van der Waals surface area contributed by atoms with Gasteiger partial charge in [-0.05, 0) is 51.2 Å². The van der Waals surface area contributed by atoms with Crippen molar-refractivity contribution in [1.82, 2.24) is 29.1 Å². The van der Waals surface area contributed by atoms with Crippen molar-refractivity contribution in [2.75, 3.05) is 31.6 Å². The Morgan fingerprint density at radius 1 is 1.19 bits per heavy atom. The Balaban J connectivity index is 1.87. The van der Waals surface area contributed by atoms with Crippen LogP contribution in [0, 0.1) is 18.6 Å². The summed E-state index contributed by atoms with van der Waals surface area (Å²) in [7, 11) is -2.96. The maximum absolute atomic E-state index is 15.8. The van der Waals surface area contributed by atoms with Crippen LogP contribution in [0.15, 0.2) is 58.9 Å². The lowest BCUT2D eigenvalue weighted by Crippen LogP contribution is -2.54. The number of hydrogen-bond donors (Lipinski definition) is 2. The highest BCUT2D eigenvalue weighted by Gasteiger charge is 2.31. The number of sulfonamides is 1. The van der Waals surface area contributed by atoms with Gasteiger partial charge < -0.3 is 14.9 Å². The van der Waals surface area contributed by atoms with E-state index in [0.717, 1.165) is 22.8 Å². The second-order valence-electron chi connectivity index (χ2n) is 9.86. The summed E-state index contributed by atoms with van der Waals surface area (Å²) in [5.41, 5.74) is -2.46. The quantitative estimate of drug-likeness (QED) is 0.313. The van der Waals surface area contributed by atoms with Gasteiger partial charge in [-0.3, -0.25) is 9.78 Å². The Kier molecular flexibility index (Phi) is 7.70. The zero-order valence-corrected chi connectivity index (χ0v) is 24.2. The summed E-state index contributed by atoms with van der Waals surface area (Å²) in [6.07, 6.45) is 2.45. The SMILES string of the molecule is C=CC(=O)N1CCN(c2nc(=O)n(-c3c(S(=O)(=O)NC)ccnc3C)c3nc(-c4c(O)cccc4F)c(F)cc23)[C@@H](C)C1. The maximum Gasteiger partial charge on any atom is 0.355 e. The number of aryl methyl sites for hydroxylation is 1. The Labute approximate surface area is 245 Å². The van der Waals surface area contributed by atoms with E-state index >= 15 is 4.39 Å². The van der Waals surface area contributed by atoms with E-state index in [9.17, 15) is 27.5 Å². The molecule has 1 aliphatic rings. The first kappa shape index (κ1) is 29.7. The third kappa shape index (κ3) is 5.10. The second kappa shape index (κ2) is 11.1. The molecule has 0 aliphatic carbocycles. The van der Waals surface area contributed by atoms with Crippen LogP contribution >= 0.6 is 0 Å². The number of fused-ring (bicyclic) bond motifs is 1. The number of phenols is 1. The minimum atomic E-state index is -4.16. The molecule has 1 saturated heterocycles. The molecular formula is C28H27F2N7O5S. The normalized spacial score (nSPS) is 15.6. The van der Waals surface area contributed by atoms with Crippen LogP contribution in [0.25, 0.3) is 28.0 Å². The van der Waals surface area contributed by atoms with E-state index in [1.807, 2.05) is 0 Å². The molecule has 0 radical (unpaired) electrons. The first-order valence-electron chi connectivity index (χ1n) is 13.1. The number of pyridine rings is 2. The van der Waals surface area contributed by atoms with E-state index in [4.69, 9.17) is 0 Å². The molecule has 5 rings (SSSR count). The van der Waals surface area contributed by atoms with Crippen LogP contribution < -0.4 is 15.3 Å². The minimum absolute atomic E-state index is 0.00286. The lowest BCUT2D eigenvalue weighted by molar-refractivity contribution is -0.126. The number of aromatic nitrogens is 4.